The first-order valence-electron chi connectivity index (χ1n) is 7.42. The van der Waals surface area contributed by atoms with Crippen LogP contribution < -0.4 is 4.74 Å². The molecule has 1 aliphatic heterocycles. The lowest BCUT2D eigenvalue weighted by atomic mass is 10.00. The lowest BCUT2D eigenvalue weighted by Gasteiger charge is -2.28. The zero-order valence-electron chi connectivity index (χ0n) is 12.5. The number of sulfone groups is 1. The minimum atomic E-state index is -3.64. The fraction of sp³-hybridized carbons (Fsp3) is 0.0526. The van der Waals surface area contributed by atoms with Gasteiger partial charge < -0.3 is 4.74 Å². The van der Waals surface area contributed by atoms with Crippen molar-refractivity contribution in [1.29, 1.82) is 0 Å². The van der Waals surface area contributed by atoms with Gasteiger partial charge in [0.15, 0.2) is 9.84 Å². The first-order chi connectivity index (χ1) is 11.6. The number of hydrogen-bond acceptors (Lipinski definition) is 3. The molecule has 0 fully saturated rings. The number of para-hydroxylation sites is 1. The van der Waals surface area contributed by atoms with Crippen molar-refractivity contribution in [2.24, 2.45) is 0 Å². The molecule has 0 bridgehead atoms. The highest BCUT2D eigenvalue weighted by atomic mass is 35.5. The van der Waals surface area contributed by atoms with Gasteiger partial charge in [-0.1, -0.05) is 48.0 Å². The van der Waals surface area contributed by atoms with Gasteiger partial charge in [0.1, 0.15) is 16.7 Å². The van der Waals surface area contributed by atoms with E-state index in [-0.39, 0.29) is 4.90 Å². The van der Waals surface area contributed by atoms with Gasteiger partial charge in [0.25, 0.3) is 0 Å². The summed E-state index contributed by atoms with van der Waals surface area (Å²) in [6.07, 6.45) is 0. The van der Waals surface area contributed by atoms with Gasteiger partial charge in [-0.15, -0.1) is 0 Å². The van der Waals surface area contributed by atoms with E-state index in [2.05, 4.69) is 0 Å². The summed E-state index contributed by atoms with van der Waals surface area (Å²) < 4.78 is 32.5. The van der Waals surface area contributed by atoms with Crippen LogP contribution in [-0.2, 0) is 9.84 Å². The molecule has 0 radical (unpaired) electrons. The van der Waals surface area contributed by atoms with Crippen molar-refractivity contribution in [2.45, 2.75) is 10.1 Å². The minimum absolute atomic E-state index is 0.276. The van der Waals surface area contributed by atoms with Crippen LogP contribution in [0.1, 0.15) is 16.4 Å². The van der Waals surface area contributed by atoms with E-state index in [4.69, 9.17) is 16.3 Å². The second-order valence-corrected chi connectivity index (χ2v) is 8.03. The third-order valence-electron chi connectivity index (χ3n) is 4.06. The molecule has 0 saturated heterocycles. The van der Waals surface area contributed by atoms with Crippen molar-refractivity contribution in [3.05, 3.63) is 88.9 Å². The average Bonchev–Trinajstić information content (AvgIpc) is 2.60. The molecular formula is C19H13ClO3S. The Labute approximate surface area is 145 Å². The number of ether oxygens (including phenoxy) is 1. The zero-order chi connectivity index (χ0) is 16.7. The molecule has 1 heterocycles. The van der Waals surface area contributed by atoms with Crippen molar-refractivity contribution >= 4 is 21.4 Å². The summed E-state index contributed by atoms with van der Waals surface area (Å²) in [6.45, 7) is 0. The highest BCUT2D eigenvalue weighted by Crippen LogP contribution is 2.48. The van der Waals surface area contributed by atoms with E-state index in [0.29, 0.717) is 27.6 Å². The van der Waals surface area contributed by atoms with Gasteiger partial charge in [-0.05, 0) is 36.4 Å². The van der Waals surface area contributed by atoms with Crippen LogP contribution in [0.3, 0.4) is 0 Å². The Morgan fingerprint density at radius 2 is 1.46 bits per heavy atom. The van der Waals surface area contributed by atoms with E-state index in [1.807, 2.05) is 12.1 Å². The van der Waals surface area contributed by atoms with E-state index >= 15 is 0 Å². The molecule has 0 spiro atoms. The number of hydrogen-bond donors (Lipinski definition) is 0. The molecule has 24 heavy (non-hydrogen) atoms. The van der Waals surface area contributed by atoms with Gasteiger partial charge in [0.2, 0.25) is 0 Å². The van der Waals surface area contributed by atoms with Crippen LogP contribution in [-0.4, -0.2) is 8.42 Å². The standard InChI is InChI=1S/C19H13ClO3S/c20-13-10-11-18-16(12-13)19(15-8-4-5-9-17(15)23-18)24(21,22)14-6-2-1-3-7-14/h1-12,19H/t19-/m0/s1. The summed E-state index contributed by atoms with van der Waals surface area (Å²) in [5.41, 5.74) is 1.18. The SMILES string of the molecule is O=S(=O)(c1ccccc1)[C@H]1c2ccccc2Oc2ccc(Cl)cc21. The first-order valence-corrected chi connectivity index (χ1v) is 9.35. The van der Waals surface area contributed by atoms with Crippen LogP contribution in [0.5, 0.6) is 11.5 Å². The molecule has 0 unspecified atom stereocenters. The molecular weight excluding hydrogens is 344 g/mol. The predicted molar refractivity (Wildman–Crippen MR) is 93.4 cm³/mol. The molecule has 3 aromatic rings. The summed E-state index contributed by atoms with van der Waals surface area (Å²) in [5, 5.41) is -0.372. The Balaban J connectivity index is 2.00. The van der Waals surface area contributed by atoms with Gasteiger partial charge in [-0.2, -0.15) is 0 Å². The Kier molecular flexibility index (Phi) is 3.59. The molecule has 0 aliphatic carbocycles. The van der Waals surface area contributed by atoms with Gasteiger partial charge >= 0.3 is 0 Å². The third kappa shape index (κ3) is 2.39. The van der Waals surface area contributed by atoms with Crippen LogP contribution in [0.25, 0.3) is 0 Å². The maximum atomic E-state index is 13.3. The molecule has 5 heteroatoms. The summed E-state index contributed by atoms with van der Waals surface area (Å²) in [6, 6.07) is 20.7. The second-order valence-electron chi connectivity index (χ2n) is 5.56. The van der Waals surface area contributed by atoms with Gasteiger partial charge in [0.05, 0.1) is 4.90 Å². The van der Waals surface area contributed by atoms with Gasteiger partial charge in [-0.3, -0.25) is 0 Å². The van der Waals surface area contributed by atoms with E-state index in [1.54, 1.807) is 60.7 Å². The highest BCUT2D eigenvalue weighted by molar-refractivity contribution is 7.92. The number of halogens is 1. The highest BCUT2D eigenvalue weighted by Gasteiger charge is 2.38. The van der Waals surface area contributed by atoms with Crippen molar-refractivity contribution < 1.29 is 13.2 Å². The molecule has 1 aliphatic rings. The molecule has 3 nitrogen and oxygen atoms in total. The van der Waals surface area contributed by atoms with Crippen LogP contribution in [0.15, 0.2) is 77.7 Å². The lowest BCUT2D eigenvalue weighted by Crippen LogP contribution is -2.19. The zero-order valence-corrected chi connectivity index (χ0v) is 14.1. The summed E-state index contributed by atoms with van der Waals surface area (Å²) in [5.74, 6) is 1.07. The van der Waals surface area contributed by atoms with Gasteiger partial charge in [-0.25, -0.2) is 8.42 Å². The topological polar surface area (TPSA) is 43.4 Å². The van der Waals surface area contributed by atoms with Crippen molar-refractivity contribution in [3.8, 4) is 11.5 Å². The fourth-order valence-electron chi connectivity index (χ4n) is 2.97. The Morgan fingerprint density at radius 3 is 2.25 bits per heavy atom. The maximum Gasteiger partial charge on any atom is 0.189 e. The van der Waals surface area contributed by atoms with Crippen molar-refractivity contribution in [2.75, 3.05) is 0 Å². The van der Waals surface area contributed by atoms with Crippen molar-refractivity contribution in [3.63, 3.8) is 0 Å². The van der Waals surface area contributed by atoms with E-state index in [9.17, 15) is 8.42 Å². The largest absolute Gasteiger partial charge is 0.457 e. The molecule has 4 rings (SSSR count). The molecule has 120 valence electrons. The normalized spacial score (nSPS) is 16.0. The van der Waals surface area contributed by atoms with Crippen molar-refractivity contribution in [1.82, 2.24) is 0 Å². The first kappa shape index (κ1) is 15.2. The van der Waals surface area contributed by atoms with E-state index in [0.717, 1.165) is 0 Å². The molecule has 0 N–H and O–H groups in total. The molecule has 0 saturated carbocycles. The summed E-state index contributed by atoms with van der Waals surface area (Å²) in [7, 11) is -3.64. The average molecular weight is 357 g/mol. The minimum Gasteiger partial charge on any atom is -0.457 e. The Morgan fingerprint density at radius 1 is 0.792 bits per heavy atom. The molecule has 0 amide bonds. The van der Waals surface area contributed by atoms with Crippen LogP contribution in [0.2, 0.25) is 5.02 Å². The monoisotopic (exact) mass is 356 g/mol. The number of benzene rings is 3. The predicted octanol–water partition coefficient (Wildman–Crippen LogP) is 5.01. The molecule has 3 aromatic carbocycles. The second kappa shape index (κ2) is 5.65. The van der Waals surface area contributed by atoms with E-state index in [1.165, 1.54) is 0 Å². The summed E-state index contributed by atoms with van der Waals surface area (Å²) >= 11 is 6.11. The number of rotatable bonds is 2. The number of fused-ring (bicyclic) bond motifs is 2. The maximum absolute atomic E-state index is 13.3. The Hall–Kier alpha value is -2.30. The summed E-state index contributed by atoms with van der Waals surface area (Å²) in [4.78, 5) is 0.276. The quantitative estimate of drug-likeness (QED) is 0.648. The molecule has 1 atom stereocenters. The smallest absolute Gasteiger partial charge is 0.189 e. The van der Waals surface area contributed by atoms with E-state index < -0.39 is 15.1 Å². The van der Waals surface area contributed by atoms with Crippen LogP contribution in [0, 0.1) is 0 Å². The molecule has 0 aromatic heterocycles. The third-order valence-corrected chi connectivity index (χ3v) is 6.35. The lowest BCUT2D eigenvalue weighted by molar-refractivity contribution is 0.455. The van der Waals surface area contributed by atoms with Crippen LogP contribution in [0.4, 0.5) is 0 Å². The fourth-order valence-corrected chi connectivity index (χ4v) is 5.01. The van der Waals surface area contributed by atoms with Gasteiger partial charge in [0, 0.05) is 16.1 Å². The van der Waals surface area contributed by atoms with Crippen LogP contribution >= 0.6 is 11.6 Å². The Bertz CT molecular complexity index is 1010.